The first kappa shape index (κ1) is 19.6. The third-order valence-corrected chi connectivity index (χ3v) is 5.58. The molecule has 30 heavy (non-hydrogen) atoms. The average molecular weight is 538 g/mol. The number of halogens is 2. The van der Waals surface area contributed by atoms with E-state index in [2.05, 4.69) is 47.9 Å². The van der Waals surface area contributed by atoms with Crippen molar-refractivity contribution in [3.63, 3.8) is 0 Å². The van der Waals surface area contributed by atoms with Gasteiger partial charge in [-0.3, -0.25) is 4.57 Å². The highest BCUT2D eigenvalue weighted by atomic mass is 127. The number of hydrogen-bond donors (Lipinski definition) is 0. The lowest BCUT2D eigenvalue weighted by molar-refractivity contribution is 0.174. The molecule has 0 saturated heterocycles. The summed E-state index contributed by atoms with van der Waals surface area (Å²) < 4.78 is 14.5. The SMILES string of the molecule is COCc1nnc2n1Cc1c(-c3noc(C(C)(C)I)n3)ncn1-c1ccc(Cl)cc1-2. The predicted octanol–water partition coefficient (Wildman–Crippen LogP) is 4.01. The van der Waals surface area contributed by atoms with E-state index in [0.717, 1.165) is 22.8 Å². The molecule has 0 radical (unpaired) electrons. The summed E-state index contributed by atoms with van der Waals surface area (Å²) in [4.78, 5) is 9.20. The number of rotatable bonds is 4. The molecule has 0 fully saturated rings. The summed E-state index contributed by atoms with van der Waals surface area (Å²) >= 11 is 8.57. The van der Waals surface area contributed by atoms with E-state index in [1.807, 2.05) is 41.2 Å². The van der Waals surface area contributed by atoms with Crippen LogP contribution in [0.15, 0.2) is 29.0 Å². The molecule has 5 rings (SSSR count). The van der Waals surface area contributed by atoms with Gasteiger partial charge in [-0.2, -0.15) is 4.98 Å². The van der Waals surface area contributed by atoms with E-state index < -0.39 is 0 Å². The number of fused-ring (bicyclic) bond motifs is 5. The third-order valence-electron chi connectivity index (χ3n) is 4.88. The lowest BCUT2D eigenvalue weighted by Crippen LogP contribution is -2.09. The number of ether oxygens (including phenoxy) is 1. The van der Waals surface area contributed by atoms with E-state index in [1.54, 1.807) is 13.4 Å². The van der Waals surface area contributed by atoms with E-state index in [4.69, 9.17) is 20.9 Å². The van der Waals surface area contributed by atoms with E-state index in [0.29, 0.717) is 41.4 Å². The number of alkyl halides is 1. The molecular weight excluding hydrogens is 521 g/mol. The molecule has 4 aromatic rings. The number of nitrogens with zero attached hydrogens (tertiary/aromatic N) is 7. The van der Waals surface area contributed by atoms with Crippen molar-refractivity contribution >= 4 is 34.2 Å². The molecule has 0 atom stereocenters. The number of benzene rings is 1. The molecule has 1 aliphatic rings. The lowest BCUT2D eigenvalue weighted by atomic mass is 10.1. The van der Waals surface area contributed by atoms with Gasteiger partial charge in [-0.25, -0.2) is 4.98 Å². The zero-order valence-corrected chi connectivity index (χ0v) is 19.3. The van der Waals surface area contributed by atoms with Gasteiger partial charge in [-0.05, 0) is 32.0 Å². The number of methoxy groups -OCH3 is 1. The first-order valence-electron chi connectivity index (χ1n) is 9.18. The maximum absolute atomic E-state index is 6.30. The highest BCUT2D eigenvalue weighted by Crippen LogP contribution is 2.36. The monoisotopic (exact) mass is 537 g/mol. The van der Waals surface area contributed by atoms with Gasteiger partial charge in [0.1, 0.15) is 18.6 Å². The second-order valence-electron chi connectivity index (χ2n) is 7.43. The molecule has 0 N–H and O–H groups in total. The Hall–Kier alpha value is -2.31. The normalized spacial score (nSPS) is 13.0. The van der Waals surface area contributed by atoms with Crippen molar-refractivity contribution in [1.82, 2.24) is 34.5 Å². The first-order valence-corrected chi connectivity index (χ1v) is 10.6. The Morgan fingerprint density at radius 3 is 2.87 bits per heavy atom. The van der Waals surface area contributed by atoms with Crippen LogP contribution in [0.1, 0.15) is 31.3 Å². The van der Waals surface area contributed by atoms with Crippen molar-refractivity contribution in [2.45, 2.75) is 30.4 Å². The van der Waals surface area contributed by atoms with Gasteiger partial charge in [0.15, 0.2) is 11.6 Å². The van der Waals surface area contributed by atoms with Crippen LogP contribution in [0, 0.1) is 0 Å². The van der Waals surface area contributed by atoms with E-state index in [-0.39, 0.29) is 3.42 Å². The van der Waals surface area contributed by atoms with Gasteiger partial charge < -0.3 is 13.8 Å². The van der Waals surface area contributed by atoms with Gasteiger partial charge in [-0.1, -0.05) is 39.3 Å². The Labute approximate surface area is 190 Å². The Morgan fingerprint density at radius 1 is 1.30 bits per heavy atom. The second kappa shape index (κ2) is 7.13. The van der Waals surface area contributed by atoms with Crippen LogP contribution in [0.25, 0.3) is 28.6 Å². The molecule has 4 heterocycles. The van der Waals surface area contributed by atoms with Crippen molar-refractivity contribution in [3.05, 3.63) is 47.0 Å². The summed E-state index contributed by atoms with van der Waals surface area (Å²) in [5.74, 6) is 2.42. The summed E-state index contributed by atoms with van der Waals surface area (Å²) in [5, 5.41) is 13.5. The quantitative estimate of drug-likeness (QED) is 0.252. The molecule has 1 aliphatic heterocycles. The first-order chi connectivity index (χ1) is 14.4. The summed E-state index contributed by atoms with van der Waals surface area (Å²) in [6.45, 7) is 4.83. The Bertz CT molecular complexity index is 1250. The fraction of sp³-hybridized carbons (Fsp3) is 0.316. The molecule has 9 nitrogen and oxygen atoms in total. The van der Waals surface area contributed by atoms with Gasteiger partial charge in [0.2, 0.25) is 11.7 Å². The molecule has 154 valence electrons. The fourth-order valence-corrected chi connectivity index (χ4v) is 3.86. The number of imidazole rings is 1. The average Bonchev–Trinajstić information content (AvgIpc) is 3.40. The molecule has 0 aliphatic carbocycles. The predicted molar refractivity (Wildman–Crippen MR) is 118 cm³/mol. The zero-order chi connectivity index (χ0) is 21.0. The van der Waals surface area contributed by atoms with E-state index in [1.165, 1.54) is 0 Å². The minimum atomic E-state index is -0.282. The van der Waals surface area contributed by atoms with Crippen LogP contribution in [0.2, 0.25) is 5.02 Å². The molecule has 1 aromatic carbocycles. The van der Waals surface area contributed by atoms with E-state index >= 15 is 0 Å². The Balaban J connectivity index is 1.73. The minimum absolute atomic E-state index is 0.282. The maximum Gasteiger partial charge on any atom is 0.242 e. The van der Waals surface area contributed by atoms with Gasteiger partial charge in [0.05, 0.1) is 21.3 Å². The van der Waals surface area contributed by atoms with Gasteiger partial charge in [0, 0.05) is 17.7 Å². The summed E-state index contributed by atoms with van der Waals surface area (Å²) in [6, 6.07) is 5.67. The molecule has 3 aromatic heterocycles. The summed E-state index contributed by atoms with van der Waals surface area (Å²) in [7, 11) is 1.63. The van der Waals surface area contributed by atoms with Crippen LogP contribution in [-0.2, 0) is 21.3 Å². The van der Waals surface area contributed by atoms with Crippen LogP contribution in [0.3, 0.4) is 0 Å². The Kier molecular flexibility index (Phi) is 4.67. The van der Waals surface area contributed by atoms with Crippen molar-refractivity contribution < 1.29 is 9.26 Å². The Morgan fingerprint density at radius 2 is 2.13 bits per heavy atom. The molecule has 0 saturated carbocycles. The van der Waals surface area contributed by atoms with Crippen LogP contribution in [-0.4, -0.2) is 41.6 Å². The fourth-order valence-electron chi connectivity index (χ4n) is 3.46. The van der Waals surface area contributed by atoms with Gasteiger partial charge in [0.25, 0.3) is 0 Å². The number of aromatic nitrogens is 7. The minimum Gasteiger partial charge on any atom is -0.377 e. The topological polar surface area (TPSA) is 96.7 Å². The summed E-state index contributed by atoms with van der Waals surface area (Å²) in [5.41, 5.74) is 3.31. The molecule has 11 heteroatoms. The smallest absolute Gasteiger partial charge is 0.242 e. The van der Waals surface area contributed by atoms with Gasteiger partial charge >= 0.3 is 0 Å². The lowest BCUT2D eigenvalue weighted by Gasteiger charge is -2.09. The van der Waals surface area contributed by atoms with Crippen LogP contribution < -0.4 is 0 Å². The van der Waals surface area contributed by atoms with Crippen LogP contribution in [0.4, 0.5) is 0 Å². The van der Waals surface area contributed by atoms with Crippen molar-refractivity contribution in [2.75, 3.05) is 7.11 Å². The molecule has 0 bridgehead atoms. The standard InChI is InChI=1S/C19H17ClIN7O2/c1-19(2,21)18-23-16(26-30-18)15-13-7-27-14(8-29-3)24-25-17(27)11-6-10(20)4-5-12(11)28(13)9-22-15/h4-6,9H,7-8H2,1-3H3. The second-order valence-corrected chi connectivity index (χ2v) is 10.6. The molecular formula is C19H17ClIN7O2. The highest BCUT2D eigenvalue weighted by Gasteiger charge is 2.30. The molecule has 0 spiro atoms. The number of hydrogen-bond acceptors (Lipinski definition) is 7. The van der Waals surface area contributed by atoms with Crippen molar-refractivity contribution in [1.29, 1.82) is 0 Å². The van der Waals surface area contributed by atoms with E-state index in [9.17, 15) is 0 Å². The van der Waals surface area contributed by atoms with Crippen LogP contribution >= 0.6 is 34.2 Å². The molecule has 0 unspecified atom stereocenters. The third kappa shape index (κ3) is 3.13. The van der Waals surface area contributed by atoms with Gasteiger partial charge in [-0.15, -0.1) is 10.2 Å². The largest absolute Gasteiger partial charge is 0.377 e. The van der Waals surface area contributed by atoms with Crippen LogP contribution in [0.5, 0.6) is 0 Å². The van der Waals surface area contributed by atoms with Crippen molar-refractivity contribution in [3.8, 4) is 28.6 Å². The molecule has 0 amide bonds. The maximum atomic E-state index is 6.30. The highest BCUT2D eigenvalue weighted by molar-refractivity contribution is 14.1. The van der Waals surface area contributed by atoms with Crippen molar-refractivity contribution in [2.24, 2.45) is 0 Å². The zero-order valence-electron chi connectivity index (χ0n) is 16.4. The summed E-state index contributed by atoms with van der Waals surface area (Å²) in [6.07, 6.45) is 1.76.